The van der Waals surface area contributed by atoms with Crippen LogP contribution in [0.25, 0.3) is 11.4 Å². The first-order valence-corrected chi connectivity index (χ1v) is 16.1. The number of nitrogens with zero attached hydrogens (tertiary/aromatic N) is 3. The predicted molar refractivity (Wildman–Crippen MR) is 183 cm³/mol. The highest BCUT2D eigenvalue weighted by Crippen LogP contribution is 2.22. The molecule has 0 saturated heterocycles. The zero-order valence-corrected chi connectivity index (χ0v) is 28.6. The Morgan fingerprint density at radius 3 is 2.21 bits per heavy atom. The molecule has 0 bridgehead atoms. The summed E-state index contributed by atoms with van der Waals surface area (Å²) in [7, 11) is 0. The molecule has 0 unspecified atom stereocenters. The second kappa shape index (κ2) is 18.4. The molecule has 0 spiro atoms. The van der Waals surface area contributed by atoms with Gasteiger partial charge < -0.3 is 25.2 Å². The molecule has 0 fully saturated rings. The molecule has 2 amide bonds. The average Bonchev–Trinajstić information content (AvgIpc) is 3.49. The van der Waals surface area contributed by atoms with Crippen LogP contribution in [-0.2, 0) is 19.4 Å². The summed E-state index contributed by atoms with van der Waals surface area (Å²) in [5, 5.41) is 21.3. The molecule has 48 heavy (non-hydrogen) atoms. The minimum atomic E-state index is -1.13. The van der Waals surface area contributed by atoms with Crippen LogP contribution in [0, 0.1) is 18.6 Å². The fourth-order valence-corrected chi connectivity index (χ4v) is 5.45. The van der Waals surface area contributed by atoms with Crippen molar-refractivity contribution in [3.8, 4) is 11.4 Å². The summed E-state index contributed by atoms with van der Waals surface area (Å²) in [6, 6.07) is 14.9. The maximum absolute atomic E-state index is 14.1. The SMILES string of the molecule is CCCN(CCC)C(=O)c1cc(C(=O)N[C@@H](Cc2cc(F)cc(F)c2)[C@H](O)CNCc2cccc(CC)c2)cc(-c2noc(C)n2)c1.Cl. The van der Waals surface area contributed by atoms with Crippen LogP contribution in [-0.4, -0.2) is 63.7 Å². The van der Waals surface area contributed by atoms with Gasteiger partial charge in [0.05, 0.1) is 12.1 Å². The van der Waals surface area contributed by atoms with E-state index in [-0.39, 0.29) is 53.8 Å². The Morgan fingerprint density at radius 2 is 1.58 bits per heavy atom. The first-order valence-electron chi connectivity index (χ1n) is 16.1. The molecule has 9 nitrogen and oxygen atoms in total. The average molecular weight is 684 g/mol. The maximum atomic E-state index is 14.1. The van der Waals surface area contributed by atoms with Crippen LogP contribution in [0.15, 0.2) is 65.2 Å². The van der Waals surface area contributed by atoms with Crippen LogP contribution in [0.4, 0.5) is 8.78 Å². The highest BCUT2D eigenvalue weighted by Gasteiger charge is 2.25. The molecule has 3 aromatic carbocycles. The first kappa shape index (κ1) is 38.3. The molecule has 258 valence electrons. The van der Waals surface area contributed by atoms with E-state index in [0.717, 1.165) is 30.9 Å². The zero-order chi connectivity index (χ0) is 33.9. The van der Waals surface area contributed by atoms with Gasteiger partial charge in [-0.15, -0.1) is 12.4 Å². The third-order valence-corrected chi connectivity index (χ3v) is 7.74. The van der Waals surface area contributed by atoms with Gasteiger partial charge in [0.1, 0.15) is 11.6 Å². The summed E-state index contributed by atoms with van der Waals surface area (Å²) in [5.41, 5.74) is 3.31. The van der Waals surface area contributed by atoms with Gasteiger partial charge in [0.2, 0.25) is 11.7 Å². The number of aryl methyl sites for hydroxylation is 2. The van der Waals surface area contributed by atoms with Gasteiger partial charge in [0, 0.05) is 55.9 Å². The van der Waals surface area contributed by atoms with Crippen molar-refractivity contribution in [1.82, 2.24) is 25.7 Å². The smallest absolute Gasteiger partial charge is 0.253 e. The summed E-state index contributed by atoms with van der Waals surface area (Å²) >= 11 is 0. The fraction of sp³-hybridized carbons (Fsp3) is 0.389. The van der Waals surface area contributed by atoms with Gasteiger partial charge in [-0.1, -0.05) is 50.2 Å². The highest BCUT2D eigenvalue weighted by molar-refractivity contribution is 6.01. The number of benzene rings is 3. The van der Waals surface area contributed by atoms with E-state index in [0.29, 0.717) is 31.1 Å². The largest absolute Gasteiger partial charge is 0.390 e. The minimum Gasteiger partial charge on any atom is -0.390 e. The van der Waals surface area contributed by atoms with E-state index in [9.17, 15) is 23.5 Å². The molecule has 4 rings (SSSR count). The Morgan fingerprint density at radius 1 is 0.917 bits per heavy atom. The van der Waals surface area contributed by atoms with Gasteiger partial charge in [0.15, 0.2) is 0 Å². The standard InChI is InChI=1S/C36H43F2N5O4.ClH/c1-5-11-43(12-6-2)36(46)29-18-27(34-40-23(4)47-42-34)17-28(19-29)35(45)41-32(16-26-14-30(37)20-31(38)15-26)33(44)22-39-21-25-10-8-9-24(7-3)13-25;/h8-10,13-15,17-20,32-33,39,44H,5-7,11-12,16,21-22H2,1-4H3,(H,41,45);1H/t32-,33+;/m0./s1. The van der Waals surface area contributed by atoms with Crippen LogP contribution in [0.5, 0.6) is 0 Å². The van der Waals surface area contributed by atoms with Crippen molar-refractivity contribution >= 4 is 24.2 Å². The Kier molecular flexibility index (Phi) is 14.6. The predicted octanol–water partition coefficient (Wildman–Crippen LogP) is 6.06. The fourth-order valence-electron chi connectivity index (χ4n) is 5.45. The van der Waals surface area contributed by atoms with Crippen molar-refractivity contribution in [2.24, 2.45) is 0 Å². The summed E-state index contributed by atoms with van der Waals surface area (Å²) in [4.78, 5) is 33.5. The summed E-state index contributed by atoms with van der Waals surface area (Å²) < 4.78 is 33.4. The van der Waals surface area contributed by atoms with Crippen molar-refractivity contribution in [3.05, 3.63) is 106 Å². The number of carbonyl (C=O) groups excluding carboxylic acids is 2. The van der Waals surface area contributed by atoms with Crippen molar-refractivity contribution in [2.75, 3.05) is 19.6 Å². The van der Waals surface area contributed by atoms with Crippen LogP contribution in [0.3, 0.4) is 0 Å². The summed E-state index contributed by atoms with van der Waals surface area (Å²) in [6.45, 7) is 9.35. The van der Waals surface area contributed by atoms with Crippen LogP contribution in [0.1, 0.15) is 76.9 Å². The van der Waals surface area contributed by atoms with E-state index in [1.54, 1.807) is 24.0 Å². The van der Waals surface area contributed by atoms with E-state index in [2.05, 4.69) is 33.8 Å². The van der Waals surface area contributed by atoms with Crippen molar-refractivity contribution in [3.63, 3.8) is 0 Å². The number of aliphatic hydroxyl groups is 1. The first-order chi connectivity index (χ1) is 22.6. The number of nitrogens with one attached hydrogen (secondary N) is 2. The number of aliphatic hydroxyl groups excluding tert-OH is 1. The molecule has 0 saturated carbocycles. The summed E-state index contributed by atoms with van der Waals surface area (Å²) in [6.07, 6.45) is 1.24. The lowest BCUT2D eigenvalue weighted by Gasteiger charge is -2.25. The Labute approximate surface area is 286 Å². The summed E-state index contributed by atoms with van der Waals surface area (Å²) in [5.74, 6) is -1.82. The molecule has 12 heteroatoms. The second-order valence-corrected chi connectivity index (χ2v) is 11.7. The Balaban J connectivity index is 0.00000625. The number of aromatic nitrogens is 2. The monoisotopic (exact) mass is 683 g/mol. The third-order valence-electron chi connectivity index (χ3n) is 7.74. The van der Waals surface area contributed by atoms with E-state index in [1.165, 1.54) is 23.8 Å². The minimum absolute atomic E-state index is 0. The van der Waals surface area contributed by atoms with Gasteiger partial charge in [-0.2, -0.15) is 4.98 Å². The van der Waals surface area contributed by atoms with E-state index >= 15 is 0 Å². The quantitative estimate of drug-likeness (QED) is 0.131. The van der Waals surface area contributed by atoms with E-state index in [4.69, 9.17) is 4.52 Å². The molecule has 3 N–H and O–H groups in total. The van der Waals surface area contributed by atoms with Gasteiger partial charge in [0.25, 0.3) is 11.8 Å². The molecule has 0 aliphatic rings. The molecule has 2 atom stereocenters. The lowest BCUT2D eigenvalue weighted by Crippen LogP contribution is -2.48. The van der Waals surface area contributed by atoms with Gasteiger partial charge in [-0.3, -0.25) is 9.59 Å². The molecule has 1 heterocycles. The molecule has 0 aliphatic heterocycles. The van der Waals surface area contributed by atoms with E-state index in [1.807, 2.05) is 32.0 Å². The molecular formula is C36H44ClF2N5O4. The molecule has 4 aromatic rings. The number of carbonyl (C=O) groups is 2. The van der Waals surface area contributed by atoms with Crippen molar-refractivity contribution < 1.29 is 28.0 Å². The number of hydrogen-bond donors (Lipinski definition) is 3. The lowest BCUT2D eigenvalue weighted by molar-refractivity contribution is 0.0755. The lowest BCUT2D eigenvalue weighted by atomic mass is 9.99. The van der Waals surface area contributed by atoms with Gasteiger partial charge >= 0.3 is 0 Å². The Bertz CT molecular complexity index is 1640. The Hall–Kier alpha value is -4.19. The molecule has 0 aliphatic carbocycles. The van der Waals surface area contributed by atoms with Crippen LogP contribution >= 0.6 is 12.4 Å². The van der Waals surface area contributed by atoms with Gasteiger partial charge in [-0.05, 0) is 72.7 Å². The van der Waals surface area contributed by atoms with Crippen molar-refractivity contribution in [2.45, 2.75) is 72.1 Å². The van der Waals surface area contributed by atoms with E-state index < -0.39 is 29.7 Å². The van der Waals surface area contributed by atoms with Crippen molar-refractivity contribution in [1.29, 1.82) is 0 Å². The second-order valence-electron chi connectivity index (χ2n) is 11.7. The molecule has 1 aromatic heterocycles. The van der Waals surface area contributed by atoms with Gasteiger partial charge in [-0.25, -0.2) is 8.78 Å². The van der Waals surface area contributed by atoms with Crippen LogP contribution < -0.4 is 10.6 Å². The number of hydrogen-bond acceptors (Lipinski definition) is 7. The maximum Gasteiger partial charge on any atom is 0.253 e. The third kappa shape index (κ3) is 10.7. The van der Waals surface area contributed by atoms with Crippen LogP contribution in [0.2, 0.25) is 0 Å². The zero-order valence-electron chi connectivity index (χ0n) is 27.8. The highest BCUT2D eigenvalue weighted by atomic mass is 35.5. The number of rotatable bonds is 16. The topological polar surface area (TPSA) is 121 Å². The molecule has 0 radical (unpaired) electrons. The number of halogens is 3. The molecular weight excluding hydrogens is 640 g/mol. The number of amides is 2. The normalized spacial score (nSPS) is 12.2.